The Morgan fingerprint density at radius 2 is 2.00 bits per heavy atom. The molecule has 0 unspecified atom stereocenters. The first-order valence-corrected chi connectivity index (χ1v) is 7.67. The van der Waals surface area contributed by atoms with Gasteiger partial charge in [0, 0.05) is 35.9 Å². The minimum atomic E-state index is -0.163. The number of benzene rings is 1. The average molecular weight is 360 g/mol. The molecule has 0 radical (unpaired) electrons. The van der Waals surface area contributed by atoms with Crippen molar-refractivity contribution in [3.8, 4) is 0 Å². The summed E-state index contributed by atoms with van der Waals surface area (Å²) in [6.07, 6.45) is 3.96. The van der Waals surface area contributed by atoms with Gasteiger partial charge >= 0.3 is 0 Å². The number of aromatic nitrogens is 1. The van der Waals surface area contributed by atoms with Gasteiger partial charge in [-0.2, -0.15) is 0 Å². The van der Waals surface area contributed by atoms with Crippen LogP contribution in [0.25, 0.3) is 0 Å². The van der Waals surface area contributed by atoms with E-state index in [4.69, 9.17) is 0 Å². The van der Waals surface area contributed by atoms with E-state index in [0.29, 0.717) is 17.8 Å². The lowest BCUT2D eigenvalue weighted by Crippen LogP contribution is -2.29. The van der Waals surface area contributed by atoms with E-state index in [2.05, 4.69) is 26.2 Å². The third-order valence-corrected chi connectivity index (χ3v) is 3.97. The summed E-state index contributed by atoms with van der Waals surface area (Å²) in [6, 6.07) is 7.19. The summed E-state index contributed by atoms with van der Waals surface area (Å²) in [5, 5.41) is 2.81. The van der Waals surface area contributed by atoms with Gasteiger partial charge in [0.05, 0.1) is 11.4 Å². The maximum atomic E-state index is 12.7. The van der Waals surface area contributed by atoms with Crippen LogP contribution in [0.2, 0.25) is 0 Å². The molecule has 1 aromatic heterocycles. The number of pyridine rings is 1. The molecule has 0 spiro atoms. The SMILES string of the molecule is CC(=O)Nc1cc(Br)cc2c1N(C(=O)c1ccncc1)CC2. The summed E-state index contributed by atoms with van der Waals surface area (Å²) < 4.78 is 0.883. The fraction of sp³-hybridized carbons (Fsp3) is 0.188. The highest BCUT2D eigenvalue weighted by molar-refractivity contribution is 9.10. The van der Waals surface area contributed by atoms with Crippen molar-refractivity contribution >= 4 is 39.1 Å². The zero-order valence-corrected chi connectivity index (χ0v) is 13.6. The molecule has 1 aliphatic heterocycles. The summed E-state index contributed by atoms with van der Waals surface area (Å²) in [6.45, 7) is 2.05. The molecule has 1 aromatic carbocycles. The smallest absolute Gasteiger partial charge is 0.258 e. The molecular formula is C16H14BrN3O2. The van der Waals surface area contributed by atoms with Gasteiger partial charge in [-0.05, 0) is 36.2 Å². The molecule has 0 aliphatic carbocycles. The van der Waals surface area contributed by atoms with Gasteiger partial charge in [0.1, 0.15) is 0 Å². The first-order chi connectivity index (χ1) is 10.6. The fourth-order valence-corrected chi connectivity index (χ4v) is 3.15. The Morgan fingerprint density at radius 3 is 2.68 bits per heavy atom. The van der Waals surface area contributed by atoms with E-state index >= 15 is 0 Å². The summed E-state index contributed by atoms with van der Waals surface area (Å²) in [5.74, 6) is -0.251. The van der Waals surface area contributed by atoms with Gasteiger partial charge < -0.3 is 10.2 Å². The first kappa shape index (κ1) is 14.7. The number of anilines is 2. The molecule has 112 valence electrons. The van der Waals surface area contributed by atoms with Crippen LogP contribution in [0.4, 0.5) is 11.4 Å². The molecule has 0 bridgehead atoms. The largest absolute Gasteiger partial charge is 0.324 e. The van der Waals surface area contributed by atoms with Crippen molar-refractivity contribution in [3.05, 3.63) is 52.3 Å². The number of carbonyl (C=O) groups is 2. The van der Waals surface area contributed by atoms with Gasteiger partial charge in [-0.15, -0.1) is 0 Å². The molecule has 2 amide bonds. The average Bonchev–Trinajstić information content (AvgIpc) is 2.90. The Labute approximate surface area is 136 Å². The number of hydrogen-bond acceptors (Lipinski definition) is 3. The monoisotopic (exact) mass is 359 g/mol. The number of fused-ring (bicyclic) bond motifs is 1. The van der Waals surface area contributed by atoms with Crippen molar-refractivity contribution in [2.75, 3.05) is 16.8 Å². The van der Waals surface area contributed by atoms with Crippen LogP contribution < -0.4 is 10.2 Å². The van der Waals surface area contributed by atoms with E-state index < -0.39 is 0 Å². The lowest BCUT2D eigenvalue weighted by atomic mass is 10.1. The molecule has 0 atom stereocenters. The van der Waals surface area contributed by atoms with E-state index in [1.54, 1.807) is 29.4 Å². The normalized spacial score (nSPS) is 12.9. The minimum Gasteiger partial charge on any atom is -0.324 e. The highest BCUT2D eigenvalue weighted by Crippen LogP contribution is 2.39. The molecule has 0 saturated carbocycles. The summed E-state index contributed by atoms with van der Waals surface area (Å²) >= 11 is 3.44. The molecular weight excluding hydrogens is 346 g/mol. The highest BCUT2D eigenvalue weighted by atomic mass is 79.9. The van der Waals surface area contributed by atoms with E-state index in [9.17, 15) is 9.59 Å². The maximum Gasteiger partial charge on any atom is 0.258 e. The van der Waals surface area contributed by atoms with Crippen LogP contribution in [0.15, 0.2) is 41.1 Å². The Bertz CT molecular complexity index is 747. The fourth-order valence-electron chi connectivity index (χ4n) is 2.65. The van der Waals surface area contributed by atoms with Gasteiger partial charge in [0.2, 0.25) is 5.91 Å². The van der Waals surface area contributed by atoms with Crippen LogP contribution in [0.5, 0.6) is 0 Å². The van der Waals surface area contributed by atoms with Crippen LogP contribution in [0, 0.1) is 0 Å². The second-order valence-corrected chi connectivity index (χ2v) is 6.00. The Kier molecular flexibility index (Phi) is 3.94. The Morgan fingerprint density at radius 1 is 1.27 bits per heavy atom. The van der Waals surface area contributed by atoms with Crippen molar-refractivity contribution in [1.29, 1.82) is 0 Å². The highest BCUT2D eigenvalue weighted by Gasteiger charge is 2.29. The predicted molar refractivity (Wildman–Crippen MR) is 88.1 cm³/mol. The topological polar surface area (TPSA) is 62.3 Å². The number of hydrogen-bond donors (Lipinski definition) is 1. The van der Waals surface area contributed by atoms with Crippen molar-refractivity contribution in [1.82, 2.24) is 4.98 Å². The van der Waals surface area contributed by atoms with Gasteiger partial charge in [-0.25, -0.2) is 0 Å². The lowest BCUT2D eigenvalue weighted by molar-refractivity contribution is -0.114. The first-order valence-electron chi connectivity index (χ1n) is 6.88. The molecule has 2 heterocycles. The molecule has 0 fully saturated rings. The van der Waals surface area contributed by atoms with Crippen LogP contribution in [0.3, 0.4) is 0 Å². The molecule has 0 saturated heterocycles. The number of amides is 2. The molecule has 2 aromatic rings. The third-order valence-electron chi connectivity index (χ3n) is 3.51. The van der Waals surface area contributed by atoms with Crippen LogP contribution in [-0.4, -0.2) is 23.3 Å². The minimum absolute atomic E-state index is 0.0879. The van der Waals surface area contributed by atoms with Crippen molar-refractivity contribution in [3.63, 3.8) is 0 Å². The van der Waals surface area contributed by atoms with Crippen molar-refractivity contribution in [2.45, 2.75) is 13.3 Å². The summed E-state index contributed by atoms with van der Waals surface area (Å²) in [5.41, 5.74) is 3.05. The zero-order valence-electron chi connectivity index (χ0n) is 12.0. The lowest BCUT2D eigenvalue weighted by Gasteiger charge is -2.21. The van der Waals surface area contributed by atoms with Crippen molar-refractivity contribution in [2.24, 2.45) is 0 Å². The number of rotatable bonds is 2. The second kappa shape index (κ2) is 5.88. The zero-order chi connectivity index (χ0) is 15.7. The molecule has 1 aliphatic rings. The van der Waals surface area contributed by atoms with E-state index in [1.165, 1.54) is 6.92 Å². The molecule has 1 N–H and O–H groups in total. The van der Waals surface area contributed by atoms with E-state index in [1.807, 2.05) is 12.1 Å². The van der Waals surface area contributed by atoms with E-state index in [0.717, 1.165) is 22.1 Å². The Balaban J connectivity index is 2.03. The molecule has 6 heteroatoms. The summed E-state index contributed by atoms with van der Waals surface area (Å²) in [4.78, 5) is 29.8. The molecule has 22 heavy (non-hydrogen) atoms. The Hall–Kier alpha value is -2.21. The molecule has 5 nitrogen and oxygen atoms in total. The van der Waals surface area contributed by atoms with Gasteiger partial charge in [0.15, 0.2) is 0 Å². The van der Waals surface area contributed by atoms with Crippen LogP contribution in [0.1, 0.15) is 22.8 Å². The van der Waals surface area contributed by atoms with Crippen LogP contribution in [-0.2, 0) is 11.2 Å². The van der Waals surface area contributed by atoms with Gasteiger partial charge in [-0.3, -0.25) is 14.6 Å². The van der Waals surface area contributed by atoms with Crippen LogP contribution >= 0.6 is 15.9 Å². The van der Waals surface area contributed by atoms with Crippen molar-refractivity contribution < 1.29 is 9.59 Å². The number of nitrogens with one attached hydrogen (secondary N) is 1. The standard InChI is InChI=1S/C16H14BrN3O2/c1-10(21)19-14-9-13(17)8-12-4-7-20(15(12)14)16(22)11-2-5-18-6-3-11/h2-3,5-6,8-9H,4,7H2,1H3,(H,19,21). The quantitative estimate of drug-likeness (QED) is 0.896. The second-order valence-electron chi connectivity index (χ2n) is 5.08. The third kappa shape index (κ3) is 2.74. The number of nitrogens with zero attached hydrogens (tertiary/aromatic N) is 2. The molecule has 3 rings (SSSR count). The summed E-state index contributed by atoms with van der Waals surface area (Å²) in [7, 11) is 0. The number of carbonyl (C=O) groups excluding carboxylic acids is 2. The van der Waals surface area contributed by atoms with Gasteiger partial charge in [0.25, 0.3) is 5.91 Å². The van der Waals surface area contributed by atoms with Gasteiger partial charge in [-0.1, -0.05) is 15.9 Å². The maximum absolute atomic E-state index is 12.7. The predicted octanol–water partition coefficient (Wildman–Crippen LogP) is 3.01. The number of halogens is 1. The van der Waals surface area contributed by atoms with E-state index in [-0.39, 0.29) is 11.8 Å².